The average molecular weight is 309 g/mol. The molecule has 1 aliphatic carbocycles. The highest BCUT2D eigenvalue weighted by Gasteiger charge is 2.23. The molecule has 0 saturated heterocycles. The molecule has 3 nitrogen and oxygen atoms in total. The third kappa shape index (κ3) is 4.22. The molecule has 0 radical (unpaired) electrons. The van der Waals surface area contributed by atoms with E-state index in [0.29, 0.717) is 17.4 Å². The van der Waals surface area contributed by atoms with Gasteiger partial charge < -0.3 is 5.32 Å². The Kier molecular flexibility index (Phi) is 5.68. The highest BCUT2D eigenvalue weighted by Crippen LogP contribution is 2.30. The Morgan fingerprint density at radius 3 is 2.38 bits per heavy atom. The lowest BCUT2D eigenvalue weighted by atomic mass is 9.84. The molecule has 0 heterocycles. The van der Waals surface area contributed by atoms with E-state index in [2.05, 4.69) is 12.2 Å². The molecule has 1 fully saturated rings. The molecule has 21 heavy (non-hydrogen) atoms. The maximum absolute atomic E-state index is 12.4. The molecule has 0 aliphatic heterocycles. The van der Waals surface area contributed by atoms with Crippen molar-refractivity contribution in [1.82, 2.24) is 0 Å². The summed E-state index contributed by atoms with van der Waals surface area (Å²) in [7, 11) is -3.17. The van der Waals surface area contributed by atoms with Crippen molar-refractivity contribution >= 4 is 15.5 Å². The van der Waals surface area contributed by atoms with E-state index < -0.39 is 9.84 Å². The molecule has 0 unspecified atom stereocenters. The molecule has 2 rings (SSSR count). The molecule has 118 valence electrons. The molecule has 0 spiro atoms. The SMILES string of the molecule is CCCS(=O)(=O)c1ccccc1NC1CCC(CC)CC1. The molecule has 0 aromatic heterocycles. The third-order valence-electron chi connectivity index (χ3n) is 4.48. The zero-order valence-corrected chi connectivity index (χ0v) is 14.0. The zero-order valence-electron chi connectivity index (χ0n) is 13.1. The number of anilines is 1. The first-order chi connectivity index (χ1) is 10.1. The molecule has 1 N–H and O–H groups in total. The maximum Gasteiger partial charge on any atom is 0.180 e. The molecule has 1 aromatic rings. The number of hydrogen-bond donors (Lipinski definition) is 1. The van der Waals surface area contributed by atoms with Gasteiger partial charge in [0.2, 0.25) is 0 Å². The minimum absolute atomic E-state index is 0.217. The maximum atomic E-state index is 12.4. The van der Waals surface area contributed by atoms with Gasteiger partial charge in [-0.15, -0.1) is 0 Å². The van der Waals surface area contributed by atoms with Gasteiger partial charge in [-0.05, 0) is 50.2 Å². The lowest BCUT2D eigenvalue weighted by Crippen LogP contribution is -2.26. The number of sulfone groups is 1. The van der Waals surface area contributed by atoms with Gasteiger partial charge in [-0.25, -0.2) is 8.42 Å². The molecule has 1 aliphatic rings. The second kappa shape index (κ2) is 7.30. The number of para-hydroxylation sites is 1. The predicted molar refractivity (Wildman–Crippen MR) is 88.4 cm³/mol. The molecule has 1 saturated carbocycles. The van der Waals surface area contributed by atoms with Crippen LogP contribution in [0.4, 0.5) is 5.69 Å². The number of benzene rings is 1. The van der Waals surface area contributed by atoms with Gasteiger partial charge >= 0.3 is 0 Å². The van der Waals surface area contributed by atoms with Crippen molar-refractivity contribution in [3.05, 3.63) is 24.3 Å². The van der Waals surface area contributed by atoms with Gasteiger partial charge in [0.1, 0.15) is 0 Å². The van der Waals surface area contributed by atoms with Gasteiger partial charge in [0.25, 0.3) is 0 Å². The summed E-state index contributed by atoms with van der Waals surface area (Å²) >= 11 is 0. The Morgan fingerprint density at radius 1 is 1.10 bits per heavy atom. The summed E-state index contributed by atoms with van der Waals surface area (Å²) in [5, 5.41) is 3.48. The van der Waals surface area contributed by atoms with E-state index in [-0.39, 0.29) is 5.75 Å². The first-order valence-electron chi connectivity index (χ1n) is 8.15. The van der Waals surface area contributed by atoms with Gasteiger partial charge in [0.15, 0.2) is 9.84 Å². The standard InChI is InChI=1S/C17H27NO2S/c1-3-13-21(19,20)17-8-6-5-7-16(17)18-15-11-9-14(4-2)10-12-15/h5-8,14-15,18H,3-4,9-13H2,1-2H3. The van der Waals surface area contributed by atoms with Crippen molar-refractivity contribution < 1.29 is 8.42 Å². The van der Waals surface area contributed by atoms with Crippen LogP contribution >= 0.6 is 0 Å². The second-order valence-corrected chi connectivity index (χ2v) is 8.16. The summed E-state index contributed by atoms with van der Waals surface area (Å²) in [5.74, 6) is 1.07. The normalized spacial score (nSPS) is 23.0. The summed E-state index contributed by atoms with van der Waals surface area (Å²) in [6.07, 6.45) is 6.68. The number of rotatable bonds is 6. The van der Waals surface area contributed by atoms with Crippen LogP contribution in [0.3, 0.4) is 0 Å². The fourth-order valence-corrected chi connectivity index (χ4v) is 4.68. The van der Waals surface area contributed by atoms with E-state index >= 15 is 0 Å². The summed E-state index contributed by atoms with van der Waals surface area (Å²) in [6, 6.07) is 7.75. The third-order valence-corrected chi connectivity index (χ3v) is 6.45. The lowest BCUT2D eigenvalue weighted by Gasteiger charge is -2.29. The molecule has 1 aromatic carbocycles. The smallest absolute Gasteiger partial charge is 0.180 e. The molecule has 4 heteroatoms. The molecular formula is C17H27NO2S. The van der Waals surface area contributed by atoms with Gasteiger partial charge in [-0.3, -0.25) is 0 Å². The summed E-state index contributed by atoms with van der Waals surface area (Å²) in [5.41, 5.74) is 0.783. The molecular weight excluding hydrogens is 282 g/mol. The highest BCUT2D eigenvalue weighted by atomic mass is 32.2. The Labute approximate surface area is 129 Å². The van der Waals surface area contributed by atoms with Crippen LogP contribution in [0.25, 0.3) is 0 Å². The Morgan fingerprint density at radius 2 is 1.76 bits per heavy atom. The number of hydrogen-bond acceptors (Lipinski definition) is 3. The molecule has 0 atom stereocenters. The lowest BCUT2D eigenvalue weighted by molar-refractivity contribution is 0.330. The van der Waals surface area contributed by atoms with Gasteiger partial charge in [-0.1, -0.05) is 32.4 Å². The fourth-order valence-electron chi connectivity index (χ4n) is 3.17. The van der Waals surface area contributed by atoms with E-state index in [1.54, 1.807) is 6.07 Å². The Balaban J connectivity index is 2.11. The summed E-state index contributed by atoms with van der Waals surface area (Å²) in [4.78, 5) is 0.462. The van der Waals surface area contributed by atoms with Crippen LogP contribution in [-0.4, -0.2) is 20.2 Å². The first-order valence-corrected chi connectivity index (χ1v) is 9.80. The van der Waals surface area contributed by atoms with Gasteiger partial charge in [-0.2, -0.15) is 0 Å². The minimum Gasteiger partial charge on any atom is -0.381 e. The van der Waals surface area contributed by atoms with Crippen LogP contribution in [0.5, 0.6) is 0 Å². The quantitative estimate of drug-likeness (QED) is 0.854. The summed E-state index contributed by atoms with van der Waals surface area (Å²) in [6.45, 7) is 4.16. The Hall–Kier alpha value is -1.03. The largest absolute Gasteiger partial charge is 0.381 e. The molecule has 0 amide bonds. The van der Waals surface area contributed by atoms with Crippen LogP contribution in [0.2, 0.25) is 0 Å². The van der Waals surface area contributed by atoms with Crippen LogP contribution < -0.4 is 5.32 Å². The highest BCUT2D eigenvalue weighted by molar-refractivity contribution is 7.91. The van der Waals surface area contributed by atoms with Crippen LogP contribution in [-0.2, 0) is 9.84 Å². The summed E-state index contributed by atoms with van der Waals surface area (Å²) < 4.78 is 24.7. The minimum atomic E-state index is -3.17. The zero-order chi connectivity index (χ0) is 15.3. The van der Waals surface area contributed by atoms with Crippen molar-refractivity contribution in [3.8, 4) is 0 Å². The van der Waals surface area contributed by atoms with Crippen LogP contribution in [0.15, 0.2) is 29.2 Å². The van der Waals surface area contributed by atoms with E-state index in [4.69, 9.17) is 0 Å². The predicted octanol–water partition coefficient (Wildman–Crippen LogP) is 4.25. The monoisotopic (exact) mass is 309 g/mol. The van der Waals surface area contributed by atoms with Gasteiger partial charge in [0.05, 0.1) is 16.3 Å². The molecule has 0 bridgehead atoms. The number of nitrogens with one attached hydrogen (secondary N) is 1. The van der Waals surface area contributed by atoms with Crippen molar-refractivity contribution in [1.29, 1.82) is 0 Å². The van der Waals surface area contributed by atoms with Gasteiger partial charge in [0, 0.05) is 6.04 Å². The van der Waals surface area contributed by atoms with Crippen molar-refractivity contribution in [2.24, 2.45) is 5.92 Å². The fraction of sp³-hybridized carbons (Fsp3) is 0.647. The average Bonchev–Trinajstić information content (AvgIpc) is 2.48. The Bertz CT molecular complexity index is 546. The topological polar surface area (TPSA) is 46.2 Å². The van der Waals surface area contributed by atoms with Crippen molar-refractivity contribution in [3.63, 3.8) is 0 Å². The van der Waals surface area contributed by atoms with E-state index in [1.165, 1.54) is 19.3 Å². The van der Waals surface area contributed by atoms with E-state index in [1.807, 2.05) is 25.1 Å². The van der Waals surface area contributed by atoms with Crippen molar-refractivity contribution in [2.45, 2.75) is 63.3 Å². The van der Waals surface area contributed by atoms with E-state index in [9.17, 15) is 8.42 Å². The van der Waals surface area contributed by atoms with Crippen molar-refractivity contribution in [2.75, 3.05) is 11.1 Å². The van der Waals surface area contributed by atoms with Crippen LogP contribution in [0, 0.1) is 5.92 Å². The van der Waals surface area contributed by atoms with Crippen LogP contribution in [0.1, 0.15) is 52.4 Å². The first kappa shape index (κ1) is 16.3. The van der Waals surface area contributed by atoms with E-state index in [0.717, 1.165) is 24.4 Å². The second-order valence-electron chi connectivity index (χ2n) is 6.09.